The van der Waals surface area contributed by atoms with Gasteiger partial charge in [0, 0.05) is 30.6 Å². The van der Waals surface area contributed by atoms with Gasteiger partial charge in [0.2, 0.25) is 5.91 Å². The molecule has 132 valence electrons. The Bertz CT molecular complexity index is 938. The number of carbonyl (C=O) groups excluding carboxylic acids is 1. The smallest absolute Gasteiger partial charge is 0.329 e. The lowest BCUT2D eigenvalue weighted by Crippen LogP contribution is -2.28. The van der Waals surface area contributed by atoms with Crippen LogP contribution in [0, 0.1) is 6.92 Å². The minimum atomic E-state index is -0.0768. The van der Waals surface area contributed by atoms with E-state index in [0.717, 1.165) is 28.2 Å². The van der Waals surface area contributed by atoms with E-state index in [1.165, 1.54) is 11.3 Å². The fraction of sp³-hybridized carbons (Fsp3) is 0.389. The number of thiazole rings is 1. The van der Waals surface area contributed by atoms with Crippen molar-refractivity contribution in [1.82, 2.24) is 19.4 Å². The van der Waals surface area contributed by atoms with Gasteiger partial charge in [0.1, 0.15) is 5.01 Å². The molecule has 0 aliphatic rings. The quantitative estimate of drug-likeness (QED) is 0.706. The zero-order valence-electron chi connectivity index (χ0n) is 14.5. The highest BCUT2D eigenvalue weighted by Gasteiger charge is 2.13. The summed E-state index contributed by atoms with van der Waals surface area (Å²) < 4.78 is 3.48. The second-order valence-electron chi connectivity index (χ2n) is 5.98. The van der Waals surface area contributed by atoms with Gasteiger partial charge in [0.05, 0.1) is 17.6 Å². The summed E-state index contributed by atoms with van der Waals surface area (Å²) in [6, 6.07) is 7.73. The summed E-state index contributed by atoms with van der Waals surface area (Å²) >= 11 is 1.53. The molecule has 1 aromatic carbocycles. The number of benzene rings is 1. The topological polar surface area (TPSA) is 68.9 Å². The summed E-state index contributed by atoms with van der Waals surface area (Å²) in [4.78, 5) is 29.1. The van der Waals surface area contributed by atoms with Crippen LogP contribution in [-0.2, 0) is 24.4 Å². The molecule has 1 N–H and O–H groups in total. The van der Waals surface area contributed by atoms with E-state index in [9.17, 15) is 9.59 Å². The number of aromatic nitrogens is 3. The number of fused-ring (bicyclic) bond motifs is 1. The Hall–Kier alpha value is -2.41. The summed E-state index contributed by atoms with van der Waals surface area (Å²) in [5.41, 5.74) is 2.72. The van der Waals surface area contributed by atoms with E-state index in [4.69, 9.17) is 0 Å². The molecule has 0 radical (unpaired) electrons. The van der Waals surface area contributed by atoms with Gasteiger partial charge in [0.15, 0.2) is 0 Å². The van der Waals surface area contributed by atoms with Gasteiger partial charge in [-0.1, -0.05) is 19.1 Å². The number of nitrogens with zero attached hydrogens (tertiary/aromatic N) is 3. The number of para-hydroxylation sites is 2. The number of rotatable bonds is 7. The van der Waals surface area contributed by atoms with Crippen LogP contribution in [0.25, 0.3) is 11.0 Å². The first-order valence-electron chi connectivity index (χ1n) is 8.46. The first-order valence-corrected chi connectivity index (χ1v) is 9.34. The van der Waals surface area contributed by atoms with Gasteiger partial charge in [-0.05, 0) is 25.5 Å². The molecule has 6 nitrogen and oxygen atoms in total. The summed E-state index contributed by atoms with van der Waals surface area (Å²) in [6.45, 7) is 5.47. The Morgan fingerprint density at radius 3 is 2.48 bits per heavy atom. The first kappa shape index (κ1) is 17.4. The number of hydrogen-bond acceptors (Lipinski definition) is 4. The third-order valence-electron chi connectivity index (χ3n) is 4.04. The number of aryl methyl sites for hydroxylation is 3. The van der Waals surface area contributed by atoms with Crippen LogP contribution in [0.4, 0.5) is 0 Å². The fourth-order valence-corrected chi connectivity index (χ4v) is 3.60. The Morgan fingerprint density at radius 1 is 1.20 bits per heavy atom. The van der Waals surface area contributed by atoms with Gasteiger partial charge in [0.25, 0.3) is 0 Å². The summed E-state index contributed by atoms with van der Waals surface area (Å²) in [6.07, 6.45) is 1.16. The largest absolute Gasteiger partial charge is 0.350 e. The maximum atomic E-state index is 12.7. The lowest BCUT2D eigenvalue weighted by molar-refractivity contribution is -0.121. The molecule has 0 saturated heterocycles. The lowest BCUT2D eigenvalue weighted by Gasteiger charge is -2.05. The van der Waals surface area contributed by atoms with Crippen LogP contribution >= 0.6 is 11.3 Å². The highest BCUT2D eigenvalue weighted by Crippen LogP contribution is 2.13. The Labute approximate surface area is 150 Å². The standard InChI is InChI=1S/C18H22N4O2S/c1-3-9-21-14-6-4-5-7-15(14)22(18(21)24)10-8-16(23)19-11-17-20-13(2)12-25-17/h4-7,12H,3,8-11H2,1-2H3,(H,19,23). The van der Waals surface area contributed by atoms with E-state index >= 15 is 0 Å². The van der Waals surface area contributed by atoms with Gasteiger partial charge in [-0.25, -0.2) is 9.78 Å². The van der Waals surface area contributed by atoms with Crippen LogP contribution in [-0.4, -0.2) is 20.0 Å². The lowest BCUT2D eigenvalue weighted by atomic mass is 10.3. The molecule has 3 rings (SSSR count). The molecule has 1 amide bonds. The van der Waals surface area contributed by atoms with Gasteiger partial charge in [-0.2, -0.15) is 0 Å². The van der Waals surface area contributed by atoms with Crippen LogP contribution in [0.3, 0.4) is 0 Å². The molecule has 0 atom stereocenters. The summed E-state index contributed by atoms with van der Waals surface area (Å²) in [7, 11) is 0. The normalized spacial score (nSPS) is 11.1. The minimum Gasteiger partial charge on any atom is -0.350 e. The molecule has 25 heavy (non-hydrogen) atoms. The molecular formula is C18H22N4O2S. The van der Waals surface area contributed by atoms with Crippen LogP contribution in [0.2, 0.25) is 0 Å². The van der Waals surface area contributed by atoms with Gasteiger partial charge in [-0.3, -0.25) is 13.9 Å². The average molecular weight is 358 g/mol. The van der Waals surface area contributed by atoms with Crippen molar-refractivity contribution < 1.29 is 4.79 Å². The third-order valence-corrected chi connectivity index (χ3v) is 5.00. The van der Waals surface area contributed by atoms with Gasteiger partial charge >= 0.3 is 5.69 Å². The number of carbonyl (C=O) groups is 1. The fourth-order valence-electron chi connectivity index (χ4n) is 2.89. The van der Waals surface area contributed by atoms with E-state index in [-0.39, 0.29) is 18.0 Å². The van der Waals surface area contributed by atoms with Gasteiger partial charge < -0.3 is 5.32 Å². The van der Waals surface area contributed by atoms with Crippen molar-refractivity contribution in [3.05, 3.63) is 50.8 Å². The van der Waals surface area contributed by atoms with E-state index in [2.05, 4.69) is 10.3 Å². The van der Waals surface area contributed by atoms with E-state index in [0.29, 0.717) is 19.6 Å². The minimum absolute atomic E-state index is 0.0496. The molecule has 0 bridgehead atoms. The third kappa shape index (κ3) is 3.82. The molecule has 0 aliphatic heterocycles. The molecule has 0 aliphatic carbocycles. The Kier molecular flexibility index (Phi) is 5.33. The molecular weight excluding hydrogens is 336 g/mol. The van der Waals surface area contributed by atoms with E-state index < -0.39 is 0 Å². The van der Waals surface area contributed by atoms with Crippen molar-refractivity contribution in [3.63, 3.8) is 0 Å². The molecule has 0 fully saturated rings. The molecule has 2 heterocycles. The Morgan fingerprint density at radius 2 is 1.88 bits per heavy atom. The van der Waals surface area contributed by atoms with Crippen LogP contribution < -0.4 is 11.0 Å². The van der Waals surface area contributed by atoms with E-state index in [1.54, 1.807) is 9.13 Å². The molecule has 0 spiro atoms. The molecule has 0 unspecified atom stereocenters. The number of nitrogens with one attached hydrogen (secondary N) is 1. The predicted molar refractivity (Wildman–Crippen MR) is 99.8 cm³/mol. The molecule has 0 saturated carbocycles. The van der Waals surface area contributed by atoms with Crippen molar-refractivity contribution in [2.24, 2.45) is 0 Å². The predicted octanol–water partition coefficient (Wildman–Crippen LogP) is 2.68. The number of amides is 1. The van der Waals surface area contributed by atoms with Crippen molar-refractivity contribution >= 4 is 28.3 Å². The van der Waals surface area contributed by atoms with Crippen LogP contribution in [0.5, 0.6) is 0 Å². The maximum absolute atomic E-state index is 12.7. The molecule has 3 aromatic rings. The van der Waals surface area contributed by atoms with Crippen molar-refractivity contribution in [2.75, 3.05) is 0 Å². The Balaban J connectivity index is 1.69. The van der Waals surface area contributed by atoms with Gasteiger partial charge in [-0.15, -0.1) is 11.3 Å². The van der Waals surface area contributed by atoms with E-state index in [1.807, 2.05) is 43.5 Å². The summed E-state index contributed by atoms with van der Waals surface area (Å²) in [5.74, 6) is -0.0768. The highest BCUT2D eigenvalue weighted by atomic mass is 32.1. The van der Waals surface area contributed by atoms with Crippen molar-refractivity contribution in [3.8, 4) is 0 Å². The number of imidazole rings is 1. The monoisotopic (exact) mass is 358 g/mol. The maximum Gasteiger partial charge on any atom is 0.329 e. The first-order chi connectivity index (χ1) is 12.1. The summed E-state index contributed by atoms with van der Waals surface area (Å²) in [5, 5.41) is 5.72. The average Bonchev–Trinajstić information content (AvgIpc) is 3.14. The van der Waals surface area contributed by atoms with Crippen molar-refractivity contribution in [1.29, 1.82) is 0 Å². The van der Waals surface area contributed by atoms with Crippen LogP contribution in [0.1, 0.15) is 30.5 Å². The molecule has 7 heteroatoms. The second-order valence-corrected chi connectivity index (χ2v) is 6.93. The van der Waals surface area contributed by atoms with Crippen molar-refractivity contribution in [2.45, 2.75) is 46.3 Å². The highest BCUT2D eigenvalue weighted by molar-refractivity contribution is 7.09. The number of hydrogen-bond donors (Lipinski definition) is 1. The zero-order chi connectivity index (χ0) is 17.8. The second kappa shape index (κ2) is 7.65. The zero-order valence-corrected chi connectivity index (χ0v) is 15.3. The van der Waals surface area contributed by atoms with Crippen LogP contribution in [0.15, 0.2) is 34.4 Å². The molecule has 2 aromatic heterocycles. The SMILES string of the molecule is CCCn1c(=O)n(CCC(=O)NCc2nc(C)cs2)c2ccccc21.